The van der Waals surface area contributed by atoms with Crippen molar-refractivity contribution in [2.45, 2.75) is 25.1 Å². The van der Waals surface area contributed by atoms with Crippen molar-refractivity contribution in [3.05, 3.63) is 35.4 Å². The number of sulfonamides is 1. The highest BCUT2D eigenvalue weighted by Crippen LogP contribution is 2.19. The molecule has 1 aliphatic heterocycles. The number of rotatable bonds is 6. The Morgan fingerprint density at radius 2 is 1.74 bits per heavy atom. The van der Waals surface area contributed by atoms with E-state index in [1.54, 1.807) is 0 Å². The molecule has 0 bridgehead atoms. The van der Waals surface area contributed by atoms with Crippen LogP contribution in [0.3, 0.4) is 0 Å². The maximum atomic E-state index is 13.6. The summed E-state index contributed by atoms with van der Waals surface area (Å²) in [6, 6.07) is 3.33. The molecule has 130 valence electrons. The van der Waals surface area contributed by atoms with Crippen molar-refractivity contribution in [2.75, 3.05) is 32.8 Å². The highest BCUT2D eigenvalue weighted by molar-refractivity contribution is 7.88. The van der Waals surface area contributed by atoms with E-state index in [1.165, 1.54) is 10.4 Å². The molecule has 0 saturated carbocycles. The predicted molar refractivity (Wildman–Crippen MR) is 83.3 cm³/mol. The summed E-state index contributed by atoms with van der Waals surface area (Å²) >= 11 is 0. The third-order valence-electron chi connectivity index (χ3n) is 4.25. The molecule has 2 rings (SSSR count). The smallest absolute Gasteiger partial charge is 0.218 e. The average molecular weight is 348 g/mol. The van der Waals surface area contributed by atoms with Crippen molar-refractivity contribution in [2.24, 2.45) is 0 Å². The molecule has 0 radical (unpaired) electrons. The van der Waals surface area contributed by atoms with Crippen LogP contribution in [0.2, 0.25) is 0 Å². The minimum Gasteiger partial charge on any atom is -0.395 e. The molecular formula is C15H22F2N2O3S. The van der Waals surface area contributed by atoms with Gasteiger partial charge in [-0.1, -0.05) is 13.0 Å². The zero-order valence-electron chi connectivity index (χ0n) is 13.1. The summed E-state index contributed by atoms with van der Waals surface area (Å²) < 4.78 is 53.4. The van der Waals surface area contributed by atoms with Crippen LogP contribution in [-0.2, 0) is 15.8 Å². The van der Waals surface area contributed by atoms with Crippen molar-refractivity contribution < 1.29 is 22.3 Å². The summed E-state index contributed by atoms with van der Waals surface area (Å²) in [5.41, 5.74) is -0.420. The van der Waals surface area contributed by atoms with E-state index in [2.05, 4.69) is 0 Å². The number of hydrogen-bond donors (Lipinski definition) is 1. The van der Waals surface area contributed by atoms with Gasteiger partial charge in [-0.2, -0.15) is 4.31 Å². The number of aliphatic hydroxyl groups is 1. The van der Waals surface area contributed by atoms with Crippen molar-refractivity contribution in [3.63, 3.8) is 0 Å². The summed E-state index contributed by atoms with van der Waals surface area (Å²) in [5.74, 6) is -2.38. The van der Waals surface area contributed by atoms with Gasteiger partial charge in [0.15, 0.2) is 0 Å². The van der Waals surface area contributed by atoms with E-state index in [4.69, 9.17) is 0 Å². The van der Waals surface area contributed by atoms with E-state index in [-0.39, 0.29) is 25.7 Å². The van der Waals surface area contributed by atoms with Crippen LogP contribution in [0.1, 0.15) is 18.9 Å². The van der Waals surface area contributed by atoms with Crippen molar-refractivity contribution >= 4 is 10.0 Å². The van der Waals surface area contributed by atoms with Gasteiger partial charge < -0.3 is 5.11 Å². The number of halogens is 2. The molecule has 1 atom stereocenters. The van der Waals surface area contributed by atoms with E-state index in [0.717, 1.165) is 18.6 Å². The number of hydrogen-bond acceptors (Lipinski definition) is 4. The van der Waals surface area contributed by atoms with Crippen molar-refractivity contribution in [3.8, 4) is 0 Å². The second-order valence-electron chi connectivity index (χ2n) is 5.64. The Balaban J connectivity index is 2.05. The number of aliphatic hydroxyl groups excluding tert-OH is 1. The molecule has 1 heterocycles. The number of piperazine rings is 1. The van der Waals surface area contributed by atoms with Gasteiger partial charge >= 0.3 is 0 Å². The molecule has 0 amide bonds. The Morgan fingerprint density at radius 3 is 2.22 bits per heavy atom. The van der Waals surface area contributed by atoms with E-state index >= 15 is 0 Å². The van der Waals surface area contributed by atoms with Gasteiger partial charge in [0.2, 0.25) is 10.0 Å². The molecule has 0 aromatic heterocycles. The second-order valence-corrected chi connectivity index (χ2v) is 7.60. The van der Waals surface area contributed by atoms with Crippen LogP contribution >= 0.6 is 0 Å². The molecule has 0 aliphatic carbocycles. The van der Waals surface area contributed by atoms with Gasteiger partial charge in [-0.25, -0.2) is 17.2 Å². The van der Waals surface area contributed by atoms with Crippen molar-refractivity contribution in [1.29, 1.82) is 0 Å². The standard InChI is InChI=1S/C15H22F2N2O3S/c1-2-12(10-20)18-6-8-19(9-7-18)23(21,22)11-13-14(16)4-3-5-15(13)17/h3-5,12,20H,2,6-11H2,1H3. The zero-order valence-corrected chi connectivity index (χ0v) is 13.9. The lowest BCUT2D eigenvalue weighted by atomic mass is 10.2. The molecular weight excluding hydrogens is 326 g/mol. The molecule has 5 nitrogen and oxygen atoms in total. The maximum Gasteiger partial charge on any atom is 0.218 e. The topological polar surface area (TPSA) is 60.9 Å². The van der Waals surface area contributed by atoms with Gasteiger partial charge in [0.25, 0.3) is 0 Å². The lowest BCUT2D eigenvalue weighted by Crippen LogP contribution is -2.52. The first kappa shape index (κ1) is 18.3. The Hall–Kier alpha value is -1.09. The van der Waals surface area contributed by atoms with Crippen LogP contribution in [0.5, 0.6) is 0 Å². The molecule has 1 aliphatic rings. The fraction of sp³-hybridized carbons (Fsp3) is 0.600. The lowest BCUT2D eigenvalue weighted by Gasteiger charge is -2.37. The van der Waals surface area contributed by atoms with Gasteiger partial charge in [0, 0.05) is 37.8 Å². The van der Waals surface area contributed by atoms with Gasteiger partial charge in [-0.3, -0.25) is 4.90 Å². The number of nitrogens with zero attached hydrogens (tertiary/aromatic N) is 2. The van der Waals surface area contributed by atoms with E-state index in [1.807, 2.05) is 11.8 Å². The molecule has 1 fully saturated rings. The van der Waals surface area contributed by atoms with Crippen LogP contribution < -0.4 is 0 Å². The summed E-state index contributed by atoms with van der Waals surface area (Å²) in [4.78, 5) is 2.04. The highest BCUT2D eigenvalue weighted by atomic mass is 32.2. The minimum absolute atomic E-state index is 0.0175. The molecule has 0 spiro atoms. The van der Waals surface area contributed by atoms with E-state index in [9.17, 15) is 22.3 Å². The molecule has 1 N–H and O–H groups in total. The minimum atomic E-state index is -3.78. The normalized spacial score (nSPS) is 19.0. The molecule has 1 saturated heterocycles. The first-order valence-corrected chi connectivity index (χ1v) is 9.25. The molecule has 1 aromatic rings. The molecule has 1 aromatic carbocycles. The Morgan fingerprint density at radius 1 is 1.17 bits per heavy atom. The van der Waals surface area contributed by atoms with Crippen LogP contribution in [0.15, 0.2) is 18.2 Å². The van der Waals surface area contributed by atoms with Crippen LogP contribution in [-0.4, -0.2) is 61.6 Å². The Labute approximate surface area is 135 Å². The van der Waals surface area contributed by atoms with E-state index < -0.39 is 33.0 Å². The average Bonchev–Trinajstić information content (AvgIpc) is 2.53. The summed E-state index contributed by atoms with van der Waals surface area (Å²) in [6.45, 7) is 3.51. The lowest BCUT2D eigenvalue weighted by molar-refractivity contribution is 0.0880. The van der Waals surface area contributed by atoms with Crippen LogP contribution in [0.25, 0.3) is 0 Å². The fourth-order valence-corrected chi connectivity index (χ4v) is 4.34. The summed E-state index contributed by atoms with van der Waals surface area (Å²) in [6.07, 6.45) is 0.781. The molecule has 8 heteroatoms. The first-order chi connectivity index (χ1) is 10.9. The van der Waals surface area contributed by atoms with Crippen LogP contribution in [0.4, 0.5) is 8.78 Å². The van der Waals surface area contributed by atoms with Gasteiger partial charge in [-0.15, -0.1) is 0 Å². The second kappa shape index (κ2) is 7.65. The van der Waals surface area contributed by atoms with Gasteiger partial charge in [-0.05, 0) is 18.6 Å². The first-order valence-electron chi connectivity index (χ1n) is 7.64. The molecule has 23 heavy (non-hydrogen) atoms. The SMILES string of the molecule is CCC(CO)N1CCN(S(=O)(=O)Cc2c(F)cccc2F)CC1. The monoisotopic (exact) mass is 348 g/mol. The zero-order chi connectivity index (χ0) is 17.0. The highest BCUT2D eigenvalue weighted by Gasteiger charge is 2.30. The van der Waals surface area contributed by atoms with Crippen molar-refractivity contribution in [1.82, 2.24) is 9.21 Å². The third-order valence-corrected chi connectivity index (χ3v) is 6.06. The predicted octanol–water partition coefficient (Wildman–Crippen LogP) is 1.18. The largest absolute Gasteiger partial charge is 0.395 e. The number of benzene rings is 1. The summed E-state index contributed by atoms with van der Waals surface area (Å²) in [5, 5.41) is 9.30. The third kappa shape index (κ3) is 4.26. The Bertz CT molecular complexity index is 607. The van der Waals surface area contributed by atoms with Gasteiger partial charge in [0.05, 0.1) is 12.4 Å². The molecule has 1 unspecified atom stereocenters. The van der Waals surface area contributed by atoms with Gasteiger partial charge in [0.1, 0.15) is 11.6 Å². The maximum absolute atomic E-state index is 13.6. The summed E-state index contributed by atoms with van der Waals surface area (Å²) in [7, 11) is -3.78. The van der Waals surface area contributed by atoms with E-state index in [0.29, 0.717) is 13.1 Å². The Kier molecular flexibility index (Phi) is 6.07. The van der Waals surface area contributed by atoms with Crippen LogP contribution in [0, 0.1) is 11.6 Å². The fourth-order valence-electron chi connectivity index (χ4n) is 2.79. The quantitative estimate of drug-likeness (QED) is 0.839.